The number of fused-ring (bicyclic) bond motifs is 1. The number of pyridine rings is 1. The fraction of sp³-hybridized carbons (Fsp3) is 0.296. The first-order chi connectivity index (χ1) is 16.3. The van der Waals surface area contributed by atoms with Gasteiger partial charge in [0.15, 0.2) is 0 Å². The highest BCUT2D eigenvalue weighted by atomic mass is 16.5. The second kappa shape index (κ2) is 9.96. The molecule has 3 heterocycles. The molecule has 1 saturated heterocycles. The van der Waals surface area contributed by atoms with Crippen molar-refractivity contribution in [2.75, 3.05) is 18.5 Å². The molecule has 6 heteroatoms. The van der Waals surface area contributed by atoms with Crippen LogP contribution in [0.5, 0.6) is 0 Å². The lowest BCUT2D eigenvalue weighted by molar-refractivity contribution is 0.100. The van der Waals surface area contributed by atoms with Gasteiger partial charge in [0, 0.05) is 25.0 Å². The van der Waals surface area contributed by atoms with Gasteiger partial charge in [0.05, 0.1) is 23.0 Å². The molecule has 1 aliphatic heterocycles. The predicted molar refractivity (Wildman–Crippen MR) is 130 cm³/mol. The maximum atomic E-state index is 12.9. The number of nitrogens with one attached hydrogen (secondary N) is 2. The van der Waals surface area contributed by atoms with Gasteiger partial charge in [-0.15, -0.1) is 0 Å². The van der Waals surface area contributed by atoms with E-state index in [0.29, 0.717) is 22.7 Å². The Hall–Kier alpha value is -3.51. The van der Waals surface area contributed by atoms with Crippen molar-refractivity contribution >= 4 is 22.6 Å². The highest BCUT2D eigenvalue weighted by Gasteiger charge is 2.16. The van der Waals surface area contributed by atoms with Crippen LogP contribution in [0.3, 0.4) is 0 Å². The normalized spacial score (nSPS) is 16.8. The molecule has 168 valence electrons. The van der Waals surface area contributed by atoms with Gasteiger partial charge in [0.2, 0.25) is 0 Å². The number of anilines is 1. The summed E-state index contributed by atoms with van der Waals surface area (Å²) in [6.07, 6.45) is 9.12. The van der Waals surface area contributed by atoms with Gasteiger partial charge in [0.25, 0.3) is 5.91 Å². The molecule has 1 amide bonds. The van der Waals surface area contributed by atoms with Crippen molar-refractivity contribution in [2.24, 2.45) is 5.92 Å². The van der Waals surface area contributed by atoms with Crippen LogP contribution in [0, 0.1) is 5.92 Å². The minimum atomic E-state index is -0.202. The summed E-state index contributed by atoms with van der Waals surface area (Å²) < 4.78 is 5.69. The van der Waals surface area contributed by atoms with Crippen molar-refractivity contribution in [1.29, 1.82) is 0 Å². The number of carbonyl (C=O) groups excluding carboxylic acids is 1. The third kappa shape index (κ3) is 5.12. The van der Waals surface area contributed by atoms with Crippen LogP contribution in [0.15, 0.2) is 67.0 Å². The Morgan fingerprint density at radius 1 is 1.06 bits per heavy atom. The second-order valence-corrected chi connectivity index (χ2v) is 8.65. The van der Waals surface area contributed by atoms with E-state index in [1.807, 2.05) is 18.2 Å². The van der Waals surface area contributed by atoms with E-state index in [1.54, 1.807) is 24.5 Å². The van der Waals surface area contributed by atoms with E-state index in [1.165, 1.54) is 18.4 Å². The number of imidazole rings is 1. The Morgan fingerprint density at radius 3 is 2.91 bits per heavy atom. The standard InChI is InChI=1S/C27H28N4O2/c32-27(29-22-9-5-13-28-18-22)23-10-4-11-24-25(23)31-26(30-24)21-8-3-7-20(17-21)16-19-6-1-2-14-33-15-12-19/h3-5,7-11,13,17-19H,1-2,6,12,14-16H2,(H,29,32)(H,30,31). The molecular formula is C27H28N4O2. The third-order valence-corrected chi connectivity index (χ3v) is 6.22. The smallest absolute Gasteiger partial charge is 0.257 e. The van der Waals surface area contributed by atoms with Crippen LogP contribution in [-0.4, -0.2) is 34.1 Å². The van der Waals surface area contributed by atoms with E-state index in [4.69, 9.17) is 9.72 Å². The summed E-state index contributed by atoms with van der Waals surface area (Å²) in [5.41, 5.74) is 5.03. The van der Waals surface area contributed by atoms with Crippen LogP contribution >= 0.6 is 0 Å². The van der Waals surface area contributed by atoms with Gasteiger partial charge in [0.1, 0.15) is 11.3 Å². The molecule has 0 spiro atoms. The number of aromatic nitrogens is 3. The summed E-state index contributed by atoms with van der Waals surface area (Å²) in [5, 5.41) is 2.90. The molecule has 0 saturated carbocycles. The van der Waals surface area contributed by atoms with Crippen molar-refractivity contribution in [2.45, 2.75) is 32.1 Å². The summed E-state index contributed by atoms with van der Waals surface area (Å²) in [7, 11) is 0. The molecule has 5 rings (SSSR count). The summed E-state index contributed by atoms with van der Waals surface area (Å²) in [4.78, 5) is 25.2. The lowest BCUT2D eigenvalue weighted by Crippen LogP contribution is -2.12. The van der Waals surface area contributed by atoms with Crippen LogP contribution in [0.25, 0.3) is 22.4 Å². The molecule has 2 aromatic heterocycles. The Morgan fingerprint density at radius 2 is 2.00 bits per heavy atom. The number of aromatic amines is 1. The maximum Gasteiger partial charge on any atom is 0.257 e. The number of amides is 1. The van der Waals surface area contributed by atoms with E-state index in [2.05, 4.69) is 39.6 Å². The summed E-state index contributed by atoms with van der Waals surface area (Å²) in [6, 6.07) is 17.8. The zero-order valence-electron chi connectivity index (χ0n) is 18.6. The molecule has 0 radical (unpaired) electrons. The molecule has 1 aliphatic rings. The number of nitrogens with zero attached hydrogens (tertiary/aromatic N) is 2. The number of ether oxygens (including phenoxy) is 1. The SMILES string of the molecule is O=C(Nc1cccnc1)c1cccc2[nH]c(-c3cccc(CC4CCCCOCC4)c3)nc12. The van der Waals surface area contributed by atoms with Crippen LogP contribution in [0.1, 0.15) is 41.6 Å². The van der Waals surface area contributed by atoms with Gasteiger partial charge < -0.3 is 15.0 Å². The average molecular weight is 441 g/mol. The van der Waals surface area contributed by atoms with Gasteiger partial charge in [-0.2, -0.15) is 0 Å². The van der Waals surface area contributed by atoms with Crippen LogP contribution in [-0.2, 0) is 11.2 Å². The van der Waals surface area contributed by atoms with E-state index in [9.17, 15) is 4.79 Å². The molecule has 4 aromatic rings. The largest absolute Gasteiger partial charge is 0.381 e. The molecule has 1 unspecified atom stereocenters. The van der Waals surface area contributed by atoms with Crippen LogP contribution in [0.4, 0.5) is 5.69 Å². The Bertz CT molecular complexity index is 1230. The second-order valence-electron chi connectivity index (χ2n) is 8.65. The Balaban J connectivity index is 1.38. The average Bonchev–Trinajstić information content (AvgIpc) is 3.26. The number of benzene rings is 2. The van der Waals surface area contributed by atoms with E-state index in [-0.39, 0.29) is 5.91 Å². The van der Waals surface area contributed by atoms with Crippen LogP contribution in [0.2, 0.25) is 0 Å². The highest BCUT2D eigenvalue weighted by molar-refractivity contribution is 6.11. The predicted octanol–water partition coefficient (Wildman–Crippen LogP) is 5.63. The first-order valence-corrected chi connectivity index (χ1v) is 11.6. The lowest BCUT2D eigenvalue weighted by atomic mass is 9.90. The molecule has 1 atom stereocenters. The number of para-hydroxylation sites is 1. The van der Waals surface area contributed by atoms with Crippen molar-refractivity contribution < 1.29 is 9.53 Å². The van der Waals surface area contributed by atoms with E-state index >= 15 is 0 Å². The molecule has 1 fully saturated rings. The molecule has 6 nitrogen and oxygen atoms in total. The molecular weight excluding hydrogens is 412 g/mol. The molecule has 0 aliphatic carbocycles. The third-order valence-electron chi connectivity index (χ3n) is 6.22. The zero-order valence-corrected chi connectivity index (χ0v) is 18.6. The maximum absolute atomic E-state index is 12.9. The fourth-order valence-electron chi connectivity index (χ4n) is 4.50. The lowest BCUT2D eigenvalue weighted by Gasteiger charge is -2.20. The fourth-order valence-corrected chi connectivity index (χ4v) is 4.50. The van der Waals surface area contributed by atoms with Gasteiger partial charge in [-0.25, -0.2) is 4.98 Å². The topological polar surface area (TPSA) is 79.9 Å². The molecule has 2 aromatic carbocycles. The summed E-state index contributed by atoms with van der Waals surface area (Å²) in [6.45, 7) is 1.76. The number of hydrogen-bond acceptors (Lipinski definition) is 4. The highest BCUT2D eigenvalue weighted by Crippen LogP contribution is 2.26. The van der Waals surface area contributed by atoms with Crippen molar-refractivity contribution in [3.63, 3.8) is 0 Å². The van der Waals surface area contributed by atoms with Crippen molar-refractivity contribution in [3.05, 3.63) is 78.1 Å². The Kier molecular flexibility index (Phi) is 6.44. The number of carbonyl (C=O) groups is 1. The van der Waals surface area contributed by atoms with Crippen molar-refractivity contribution in [3.8, 4) is 11.4 Å². The number of H-pyrrole nitrogens is 1. The van der Waals surface area contributed by atoms with Crippen molar-refractivity contribution in [1.82, 2.24) is 15.0 Å². The first kappa shape index (κ1) is 21.3. The minimum absolute atomic E-state index is 0.202. The zero-order chi connectivity index (χ0) is 22.5. The molecule has 0 bridgehead atoms. The minimum Gasteiger partial charge on any atom is -0.381 e. The van der Waals surface area contributed by atoms with Gasteiger partial charge in [-0.1, -0.05) is 30.7 Å². The van der Waals surface area contributed by atoms with Gasteiger partial charge >= 0.3 is 0 Å². The van der Waals surface area contributed by atoms with E-state index < -0.39 is 0 Å². The summed E-state index contributed by atoms with van der Waals surface area (Å²) >= 11 is 0. The van der Waals surface area contributed by atoms with E-state index in [0.717, 1.165) is 49.4 Å². The first-order valence-electron chi connectivity index (χ1n) is 11.6. The monoisotopic (exact) mass is 440 g/mol. The Labute approximate surface area is 193 Å². The molecule has 33 heavy (non-hydrogen) atoms. The van der Waals surface area contributed by atoms with Crippen LogP contribution < -0.4 is 5.32 Å². The number of hydrogen-bond donors (Lipinski definition) is 2. The van der Waals surface area contributed by atoms with Gasteiger partial charge in [-0.05, 0) is 67.5 Å². The molecule has 2 N–H and O–H groups in total. The van der Waals surface area contributed by atoms with Gasteiger partial charge in [-0.3, -0.25) is 9.78 Å². The summed E-state index contributed by atoms with van der Waals surface area (Å²) in [5.74, 6) is 1.22. The number of rotatable bonds is 5. The quantitative estimate of drug-likeness (QED) is 0.422.